The lowest BCUT2D eigenvalue weighted by molar-refractivity contribution is -0.274. The molecule has 0 heterocycles. The Morgan fingerprint density at radius 2 is 1.94 bits per heavy atom. The third-order valence-corrected chi connectivity index (χ3v) is 3.29. The van der Waals surface area contributed by atoms with E-state index in [0.717, 1.165) is 18.4 Å². The van der Waals surface area contributed by atoms with Crippen molar-refractivity contribution in [2.24, 2.45) is 5.73 Å². The van der Waals surface area contributed by atoms with Gasteiger partial charge in [-0.25, -0.2) is 0 Å². The van der Waals surface area contributed by atoms with Gasteiger partial charge < -0.3 is 10.5 Å². The van der Waals surface area contributed by atoms with Crippen LogP contribution in [0.4, 0.5) is 13.2 Å². The second-order valence-corrected chi connectivity index (χ2v) is 4.46. The van der Waals surface area contributed by atoms with E-state index in [1.807, 2.05) is 6.92 Å². The molecule has 1 aromatic carbocycles. The van der Waals surface area contributed by atoms with E-state index in [4.69, 9.17) is 5.73 Å². The van der Waals surface area contributed by atoms with Gasteiger partial charge in [0.05, 0.1) is 0 Å². The van der Waals surface area contributed by atoms with Crippen LogP contribution >= 0.6 is 0 Å². The Hall–Kier alpha value is -1.23. The van der Waals surface area contributed by atoms with Gasteiger partial charge in [0.1, 0.15) is 5.75 Å². The highest BCUT2D eigenvalue weighted by atomic mass is 19.4. The van der Waals surface area contributed by atoms with Crippen LogP contribution in [-0.2, 0) is 0 Å². The maximum Gasteiger partial charge on any atom is 0.573 e. The first-order valence-corrected chi connectivity index (χ1v) is 5.49. The Labute approximate surface area is 97.6 Å². The van der Waals surface area contributed by atoms with E-state index < -0.39 is 6.36 Å². The first-order valence-electron chi connectivity index (χ1n) is 5.49. The second kappa shape index (κ2) is 3.91. The standard InChI is InChI=1S/C12H14F3NO/c1-2-11(16)7-10(11)8-3-5-9(6-4-8)17-12(13,14)15/h3-6,10H,2,7,16H2,1H3/t10-,11+/m0/s1. The fourth-order valence-corrected chi connectivity index (χ4v) is 2.06. The van der Waals surface area contributed by atoms with Gasteiger partial charge >= 0.3 is 6.36 Å². The highest BCUT2D eigenvalue weighted by molar-refractivity contribution is 5.36. The summed E-state index contributed by atoms with van der Waals surface area (Å²) >= 11 is 0. The number of halogens is 3. The lowest BCUT2D eigenvalue weighted by Gasteiger charge is -2.10. The molecule has 0 unspecified atom stereocenters. The Morgan fingerprint density at radius 3 is 2.35 bits per heavy atom. The molecule has 1 aliphatic carbocycles. The van der Waals surface area contributed by atoms with Crippen molar-refractivity contribution < 1.29 is 17.9 Å². The van der Waals surface area contributed by atoms with Gasteiger partial charge in [0.15, 0.2) is 0 Å². The molecule has 0 aliphatic heterocycles. The maximum absolute atomic E-state index is 11.9. The predicted molar refractivity (Wildman–Crippen MR) is 57.7 cm³/mol. The molecule has 17 heavy (non-hydrogen) atoms. The first-order chi connectivity index (χ1) is 7.84. The van der Waals surface area contributed by atoms with Crippen LogP contribution in [-0.4, -0.2) is 11.9 Å². The van der Waals surface area contributed by atoms with E-state index in [1.54, 1.807) is 12.1 Å². The SMILES string of the molecule is CC[C@@]1(N)C[C@H]1c1ccc(OC(F)(F)F)cc1. The van der Waals surface area contributed by atoms with Gasteiger partial charge in [0.2, 0.25) is 0 Å². The zero-order valence-corrected chi connectivity index (χ0v) is 9.42. The summed E-state index contributed by atoms with van der Waals surface area (Å²) in [6.45, 7) is 2.02. The van der Waals surface area contributed by atoms with Crippen LogP contribution in [0.3, 0.4) is 0 Å². The summed E-state index contributed by atoms with van der Waals surface area (Å²) in [6.07, 6.45) is -2.87. The summed E-state index contributed by atoms with van der Waals surface area (Å²) in [7, 11) is 0. The minimum absolute atomic E-state index is 0.174. The van der Waals surface area contributed by atoms with Crippen molar-refractivity contribution >= 4 is 0 Å². The number of hydrogen-bond donors (Lipinski definition) is 1. The third-order valence-electron chi connectivity index (χ3n) is 3.29. The van der Waals surface area contributed by atoms with Crippen molar-refractivity contribution in [2.45, 2.75) is 37.6 Å². The molecular formula is C12H14F3NO. The molecule has 2 rings (SSSR count). The molecule has 1 saturated carbocycles. The van der Waals surface area contributed by atoms with Crippen molar-refractivity contribution in [3.05, 3.63) is 29.8 Å². The molecule has 0 radical (unpaired) electrons. The average molecular weight is 245 g/mol. The normalized spacial score (nSPS) is 27.9. The topological polar surface area (TPSA) is 35.2 Å². The van der Waals surface area contributed by atoms with Crippen LogP contribution in [0.5, 0.6) is 5.75 Å². The largest absolute Gasteiger partial charge is 0.573 e. The van der Waals surface area contributed by atoms with Crippen LogP contribution in [0.25, 0.3) is 0 Å². The van der Waals surface area contributed by atoms with E-state index >= 15 is 0 Å². The number of hydrogen-bond acceptors (Lipinski definition) is 2. The van der Waals surface area contributed by atoms with E-state index in [9.17, 15) is 13.2 Å². The number of alkyl halides is 3. The molecule has 1 aromatic rings. The van der Waals surface area contributed by atoms with Gasteiger partial charge in [-0.05, 0) is 30.5 Å². The molecule has 1 aliphatic rings. The number of benzene rings is 1. The Morgan fingerprint density at radius 1 is 1.35 bits per heavy atom. The minimum Gasteiger partial charge on any atom is -0.406 e. The summed E-state index contributed by atoms with van der Waals surface area (Å²) in [4.78, 5) is 0. The molecule has 94 valence electrons. The quantitative estimate of drug-likeness (QED) is 0.887. The number of ether oxygens (including phenoxy) is 1. The third kappa shape index (κ3) is 2.72. The molecule has 2 atom stereocenters. The maximum atomic E-state index is 11.9. The monoisotopic (exact) mass is 245 g/mol. The second-order valence-electron chi connectivity index (χ2n) is 4.46. The summed E-state index contributed by atoms with van der Waals surface area (Å²) in [5, 5.41) is 0. The van der Waals surface area contributed by atoms with Crippen LogP contribution in [0.15, 0.2) is 24.3 Å². The first kappa shape index (κ1) is 12.2. The highest BCUT2D eigenvalue weighted by Gasteiger charge is 2.49. The summed E-state index contributed by atoms with van der Waals surface area (Å²) in [6, 6.07) is 5.96. The van der Waals surface area contributed by atoms with E-state index in [0.29, 0.717) is 0 Å². The molecule has 1 fully saturated rings. The van der Waals surface area contributed by atoms with Crippen LogP contribution < -0.4 is 10.5 Å². The Bertz CT molecular complexity index is 401. The van der Waals surface area contributed by atoms with Crippen molar-refractivity contribution in [2.75, 3.05) is 0 Å². The van der Waals surface area contributed by atoms with Gasteiger partial charge in [0.25, 0.3) is 0 Å². The van der Waals surface area contributed by atoms with Crippen molar-refractivity contribution in [3.8, 4) is 5.75 Å². The fourth-order valence-electron chi connectivity index (χ4n) is 2.06. The number of rotatable bonds is 3. The lowest BCUT2D eigenvalue weighted by Crippen LogP contribution is -2.22. The number of nitrogens with two attached hydrogens (primary N) is 1. The Balaban J connectivity index is 2.05. The molecule has 0 spiro atoms. The van der Waals surface area contributed by atoms with E-state index in [1.165, 1.54) is 12.1 Å². The summed E-state index contributed by atoms with van der Waals surface area (Å²) < 4.78 is 39.6. The minimum atomic E-state index is -4.64. The highest BCUT2D eigenvalue weighted by Crippen LogP contribution is 2.51. The van der Waals surface area contributed by atoms with Crippen LogP contribution in [0.1, 0.15) is 31.2 Å². The average Bonchev–Trinajstić information content (AvgIpc) is 2.91. The van der Waals surface area contributed by atoms with Crippen LogP contribution in [0, 0.1) is 0 Å². The van der Waals surface area contributed by atoms with Gasteiger partial charge in [-0.1, -0.05) is 19.1 Å². The lowest BCUT2D eigenvalue weighted by atomic mass is 10.0. The molecule has 0 saturated heterocycles. The summed E-state index contributed by atoms with van der Waals surface area (Å²) in [5.74, 6) is 0.0634. The molecule has 5 heteroatoms. The molecular weight excluding hydrogens is 231 g/mol. The van der Waals surface area contributed by atoms with Crippen LogP contribution in [0.2, 0.25) is 0 Å². The van der Waals surface area contributed by atoms with Gasteiger partial charge in [-0.15, -0.1) is 13.2 Å². The van der Waals surface area contributed by atoms with Gasteiger partial charge in [-0.2, -0.15) is 0 Å². The molecule has 2 N–H and O–H groups in total. The molecule has 0 amide bonds. The zero-order valence-electron chi connectivity index (χ0n) is 9.42. The Kier molecular flexibility index (Phi) is 2.81. The smallest absolute Gasteiger partial charge is 0.406 e. The molecule has 0 aromatic heterocycles. The summed E-state index contributed by atoms with van der Waals surface area (Å²) in [5.41, 5.74) is 6.85. The van der Waals surface area contributed by atoms with Gasteiger partial charge in [-0.3, -0.25) is 0 Å². The molecule has 0 bridgehead atoms. The van der Waals surface area contributed by atoms with Crippen molar-refractivity contribution in [1.82, 2.24) is 0 Å². The predicted octanol–water partition coefficient (Wildman–Crippen LogP) is 3.18. The van der Waals surface area contributed by atoms with Gasteiger partial charge in [0, 0.05) is 11.5 Å². The zero-order chi connectivity index (χ0) is 12.7. The van der Waals surface area contributed by atoms with Crippen molar-refractivity contribution in [1.29, 1.82) is 0 Å². The molecule has 2 nitrogen and oxygen atoms in total. The fraction of sp³-hybridized carbons (Fsp3) is 0.500. The van der Waals surface area contributed by atoms with E-state index in [2.05, 4.69) is 4.74 Å². The van der Waals surface area contributed by atoms with Crippen molar-refractivity contribution in [3.63, 3.8) is 0 Å². The van der Waals surface area contributed by atoms with E-state index in [-0.39, 0.29) is 17.2 Å².